The number of nitrogens with two attached hydrogens (primary N) is 1. The molecule has 37 heavy (non-hydrogen) atoms. The fraction of sp³-hybridized carbons (Fsp3) is 0.0800. The number of hydrogen-bond acceptors (Lipinski definition) is 7. The molecule has 1 atom stereocenters. The smallest absolute Gasteiger partial charge is 0.318 e. The Balaban J connectivity index is 1.58. The van der Waals surface area contributed by atoms with Gasteiger partial charge in [-0.2, -0.15) is 4.98 Å². The Morgan fingerprint density at radius 2 is 1.92 bits per heavy atom. The van der Waals surface area contributed by atoms with Crippen LogP contribution in [-0.4, -0.2) is 33.9 Å². The number of carbonyl (C=O) groups is 2. The van der Waals surface area contributed by atoms with Gasteiger partial charge in [-0.05, 0) is 42.0 Å². The van der Waals surface area contributed by atoms with Crippen molar-refractivity contribution >= 4 is 51.7 Å². The highest BCUT2D eigenvalue weighted by Crippen LogP contribution is 2.26. The zero-order valence-corrected chi connectivity index (χ0v) is 20.9. The third-order valence-electron chi connectivity index (χ3n) is 5.30. The van der Waals surface area contributed by atoms with Crippen molar-refractivity contribution in [2.75, 3.05) is 12.4 Å². The largest absolute Gasteiger partial charge is 0.467 e. The van der Waals surface area contributed by atoms with Gasteiger partial charge in [-0.15, -0.1) is 0 Å². The zero-order chi connectivity index (χ0) is 26.7. The van der Waals surface area contributed by atoms with Gasteiger partial charge in [0, 0.05) is 27.9 Å². The van der Waals surface area contributed by atoms with E-state index in [-0.39, 0.29) is 39.2 Å². The van der Waals surface area contributed by atoms with Crippen LogP contribution in [0.15, 0.2) is 71.8 Å². The first kappa shape index (κ1) is 25.7. The van der Waals surface area contributed by atoms with Gasteiger partial charge in [-0.25, -0.2) is 4.98 Å². The third kappa shape index (κ3) is 5.71. The summed E-state index contributed by atoms with van der Waals surface area (Å²) in [6.07, 6.45) is 1.41. The maximum atomic E-state index is 13.0. The Bertz CT molecular complexity index is 1600. The molecule has 4 rings (SSSR count). The first-order valence-corrected chi connectivity index (χ1v) is 11.5. The molecule has 2 aromatic heterocycles. The molecule has 0 aliphatic rings. The van der Waals surface area contributed by atoms with Crippen LogP contribution in [0.5, 0.6) is 6.01 Å². The van der Waals surface area contributed by atoms with E-state index in [0.29, 0.717) is 16.0 Å². The molecule has 0 saturated carbocycles. The zero-order valence-electron chi connectivity index (χ0n) is 19.3. The molecule has 188 valence electrons. The van der Waals surface area contributed by atoms with Gasteiger partial charge in [-0.1, -0.05) is 41.9 Å². The van der Waals surface area contributed by atoms with Crippen LogP contribution in [-0.2, 0) is 0 Å². The molecule has 2 amide bonds. The van der Waals surface area contributed by atoms with E-state index in [4.69, 9.17) is 33.7 Å². The summed E-state index contributed by atoms with van der Waals surface area (Å²) in [5, 5.41) is 6.41. The molecule has 12 heteroatoms. The van der Waals surface area contributed by atoms with Crippen LogP contribution in [0, 0.1) is 0 Å². The third-order valence-corrected chi connectivity index (χ3v) is 5.87. The quantitative estimate of drug-likeness (QED) is 0.279. The summed E-state index contributed by atoms with van der Waals surface area (Å²) < 4.78 is 4.94. The van der Waals surface area contributed by atoms with E-state index >= 15 is 0 Å². The number of aromatic amines is 1. The van der Waals surface area contributed by atoms with Gasteiger partial charge < -0.3 is 26.1 Å². The molecule has 4 aromatic rings. The van der Waals surface area contributed by atoms with Crippen molar-refractivity contribution in [1.29, 1.82) is 0 Å². The van der Waals surface area contributed by atoms with Crippen molar-refractivity contribution in [3.63, 3.8) is 0 Å². The summed E-state index contributed by atoms with van der Waals surface area (Å²) >= 11 is 12.3. The second-order valence-corrected chi connectivity index (χ2v) is 8.70. The van der Waals surface area contributed by atoms with Crippen molar-refractivity contribution in [3.05, 3.63) is 104 Å². The SMILES string of the molecule is C=C(N)[C@H](NC(=O)c1ccc(Cl)c(NC(=O)c2cc3cnc(OC)nc3[nH]c2=O)c1)c1cccc(Cl)c1. The van der Waals surface area contributed by atoms with Crippen LogP contribution in [0.2, 0.25) is 10.0 Å². The van der Waals surface area contributed by atoms with Crippen LogP contribution >= 0.6 is 23.2 Å². The number of amides is 2. The van der Waals surface area contributed by atoms with Crippen LogP contribution in [0.4, 0.5) is 5.69 Å². The maximum Gasteiger partial charge on any atom is 0.318 e. The molecule has 0 bridgehead atoms. The van der Waals surface area contributed by atoms with Gasteiger partial charge in [-0.3, -0.25) is 14.4 Å². The molecular formula is C25H20Cl2N6O4. The Hall–Kier alpha value is -4.41. The Morgan fingerprint density at radius 3 is 2.62 bits per heavy atom. The molecular weight excluding hydrogens is 519 g/mol. The Labute approximate surface area is 220 Å². The average molecular weight is 539 g/mol. The van der Waals surface area contributed by atoms with E-state index in [0.717, 1.165) is 0 Å². The number of pyridine rings is 1. The van der Waals surface area contributed by atoms with Gasteiger partial charge in [0.2, 0.25) is 0 Å². The van der Waals surface area contributed by atoms with Crippen LogP contribution in [0.25, 0.3) is 11.0 Å². The summed E-state index contributed by atoms with van der Waals surface area (Å²) in [6.45, 7) is 3.75. The fourth-order valence-corrected chi connectivity index (χ4v) is 3.85. The Kier molecular flexibility index (Phi) is 7.42. The van der Waals surface area contributed by atoms with E-state index in [1.165, 1.54) is 37.6 Å². The first-order valence-electron chi connectivity index (χ1n) is 10.7. The molecule has 0 saturated heterocycles. The molecule has 0 radical (unpaired) electrons. The van der Waals surface area contributed by atoms with Gasteiger partial charge >= 0.3 is 6.01 Å². The van der Waals surface area contributed by atoms with Crippen molar-refractivity contribution in [2.24, 2.45) is 5.73 Å². The topological polar surface area (TPSA) is 152 Å². The highest BCUT2D eigenvalue weighted by atomic mass is 35.5. The second kappa shape index (κ2) is 10.7. The lowest BCUT2D eigenvalue weighted by atomic mass is 10.0. The molecule has 0 unspecified atom stereocenters. The molecule has 10 nitrogen and oxygen atoms in total. The number of carbonyl (C=O) groups excluding carboxylic acids is 2. The molecule has 0 aliphatic carbocycles. The summed E-state index contributed by atoms with van der Waals surface area (Å²) in [5.41, 5.74) is 6.40. The Morgan fingerprint density at radius 1 is 1.14 bits per heavy atom. The van der Waals surface area contributed by atoms with Crippen LogP contribution in [0.1, 0.15) is 32.3 Å². The van der Waals surface area contributed by atoms with E-state index in [1.807, 2.05) is 0 Å². The van der Waals surface area contributed by atoms with E-state index in [1.54, 1.807) is 24.3 Å². The number of aromatic nitrogens is 3. The first-order chi connectivity index (χ1) is 17.7. The lowest BCUT2D eigenvalue weighted by molar-refractivity contribution is 0.0941. The van der Waals surface area contributed by atoms with Gasteiger partial charge in [0.15, 0.2) is 0 Å². The predicted octanol–water partition coefficient (Wildman–Crippen LogP) is 3.83. The van der Waals surface area contributed by atoms with Crippen molar-refractivity contribution < 1.29 is 14.3 Å². The number of fused-ring (bicyclic) bond motifs is 1. The number of anilines is 1. The highest BCUT2D eigenvalue weighted by molar-refractivity contribution is 6.34. The normalized spacial score (nSPS) is 11.5. The number of nitrogens with zero attached hydrogens (tertiary/aromatic N) is 2. The average Bonchev–Trinajstić information content (AvgIpc) is 2.87. The maximum absolute atomic E-state index is 13.0. The number of methoxy groups -OCH3 is 1. The molecule has 0 fully saturated rings. The summed E-state index contributed by atoms with van der Waals surface area (Å²) in [4.78, 5) is 49.0. The molecule has 2 aromatic carbocycles. The number of hydrogen-bond donors (Lipinski definition) is 4. The highest BCUT2D eigenvalue weighted by Gasteiger charge is 2.20. The minimum atomic E-state index is -0.745. The minimum absolute atomic E-state index is 0.0676. The molecule has 2 heterocycles. The van der Waals surface area contributed by atoms with Crippen molar-refractivity contribution in [2.45, 2.75) is 6.04 Å². The number of rotatable bonds is 7. The number of H-pyrrole nitrogens is 1. The van der Waals surface area contributed by atoms with Gasteiger partial charge in [0.05, 0.1) is 23.9 Å². The standard InChI is InChI=1S/C25H20Cl2N6O4/c1-12(28)20(13-4-3-5-16(26)8-13)31-22(34)14-6-7-18(27)19(10-14)30-23(35)17-9-15-11-29-25(37-2)33-21(15)32-24(17)36/h3-11,20H,1,28H2,2H3,(H,30,35)(H,31,34)(H,29,32,33,36)/t20-/m0/s1. The van der Waals surface area contributed by atoms with Gasteiger partial charge in [0.25, 0.3) is 17.4 Å². The number of benzene rings is 2. The summed E-state index contributed by atoms with van der Waals surface area (Å²) in [5.74, 6) is -1.25. The van der Waals surface area contributed by atoms with Crippen LogP contribution < -0.4 is 26.7 Å². The molecule has 5 N–H and O–H groups in total. The van der Waals surface area contributed by atoms with E-state index in [9.17, 15) is 14.4 Å². The number of nitrogens with one attached hydrogen (secondary N) is 3. The molecule has 0 spiro atoms. The number of ether oxygens (including phenoxy) is 1. The fourth-order valence-electron chi connectivity index (χ4n) is 3.49. The lowest BCUT2D eigenvalue weighted by Gasteiger charge is -2.20. The van der Waals surface area contributed by atoms with Gasteiger partial charge in [0.1, 0.15) is 11.2 Å². The van der Waals surface area contributed by atoms with Crippen LogP contribution in [0.3, 0.4) is 0 Å². The van der Waals surface area contributed by atoms with E-state index < -0.39 is 23.4 Å². The minimum Gasteiger partial charge on any atom is -0.467 e. The summed E-state index contributed by atoms with van der Waals surface area (Å²) in [7, 11) is 1.39. The monoisotopic (exact) mass is 538 g/mol. The van der Waals surface area contributed by atoms with E-state index in [2.05, 4.69) is 32.2 Å². The lowest BCUT2D eigenvalue weighted by Crippen LogP contribution is -2.32. The number of halogens is 2. The van der Waals surface area contributed by atoms with Crippen molar-refractivity contribution in [3.8, 4) is 6.01 Å². The van der Waals surface area contributed by atoms with Crippen molar-refractivity contribution in [1.82, 2.24) is 20.3 Å². The second-order valence-electron chi connectivity index (χ2n) is 7.86. The molecule has 0 aliphatic heterocycles. The predicted molar refractivity (Wildman–Crippen MR) is 141 cm³/mol. The summed E-state index contributed by atoms with van der Waals surface area (Å²) in [6, 6.07) is 11.9.